The van der Waals surface area contributed by atoms with Gasteiger partial charge in [-0.05, 0) is 18.4 Å². The zero-order valence-corrected chi connectivity index (χ0v) is 20.8. The summed E-state index contributed by atoms with van der Waals surface area (Å²) >= 11 is 0. The van der Waals surface area contributed by atoms with Crippen molar-refractivity contribution in [2.75, 3.05) is 33.0 Å². The number of nitrogen functional groups attached to an aromatic ring is 1. The van der Waals surface area contributed by atoms with E-state index >= 15 is 4.39 Å². The molecule has 0 radical (unpaired) electrons. The third-order valence-electron chi connectivity index (χ3n) is 6.36. The Bertz CT molecular complexity index is 1500. The Kier molecular flexibility index (Phi) is 7.38. The molecule has 0 bridgehead atoms. The third-order valence-corrected chi connectivity index (χ3v) is 6.36. The van der Waals surface area contributed by atoms with Crippen molar-refractivity contribution in [1.29, 1.82) is 0 Å². The van der Waals surface area contributed by atoms with Crippen molar-refractivity contribution in [3.63, 3.8) is 0 Å². The van der Waals surface area contributed by atoms with Gasteiger partial charge in [0.1, 0.15) is 17.1 Å². The van der Waals surface area contributed by atoms with Crippen LogP contribution in [0.5, 0.6) is 11.5 Å². The van der Waals surface area contributed by atoms with E-state index in [1.54, 1.807) is 0 Å². The molecule has 0 saturated carbocycles. The van der Waals surface area contributed by atoms with E-state index in [1.807, 2.05) is 0 Å². The number of fused-ring (bicyclic) bond motifs is 1. The van der Waals surface area contributed by atoms with E-state index in [0.29, 0.717) is 6.42 Å². The van der Waals surface area contributed by atoms with Crippen LogP contribution in [0.2, 0.25) is 0 Å². The van der Waals surface area contributed by atoms with Crippen molar-refractivity contribution in [2.24, 2.45) is 5.73 Å². The molecule has 1 unspecified atom stereocenters. The minimum absolute atomic E-state index is 0.0744. The lowest BCUT2D eigenvalue weighted by Gasteiger charge is -2.22. The molecule has 3 aromatic rings. The molecule has 39 heavy (non-hydrogen) atoms. The van der Waals surface area contributed by atoms with Gasteiger partial charge in [-0.15, -0.1) is 0 Å². The van der Waals surface area contributed by atoms with Crippen molar-refractivity contribution in [3.8, 4) is 23.3 Å². The lowest BCUT2D eigenvalue weighted by Crippen LogP contribution is -2.40. The van der Waals surface area contributed by atoms with Crippen molar-refractivity contribution < 1.29 is 36.2 Å². The number of anilines is 1. The Labute approximate surface area is 219 Å². The molecule has 9 nitrogen and oxygen atoms in total. The number of nitrogens with zero attached hydrogens (tertiary/aromatic N) is 4. The normalized spacial score (nSPS) is 16.6. The molecule has 0 aliphatic carbocycles. The van der Waals surface area contributed by atoms with Gasteiger partial charge < -0.3 is 20.1 Å². The zero-order chi connectivity index (χ0) is 28.6. The second-order valence-electron chi connectivity index (χ2n) is 8.61. The number of hydrogen-bond donors (Lipinski definition) is 2. The van der Waals surface area contributed by atoms with Crippen molar-refractivity contribution in [3.05, 3.63) is 53.4 Å². The predicted octanol–water partition coefficient (Wildman–Crippen LogP) is 3.01. The molecule has 3 heterocycles. The number of rotatable bonds is 6. The number of alkyl halides is 3. The molecule has 4 rings (SSSR count). The summed E-state index contributed by atoms with van der Waals surface area (Å²) in [4.78, 5) is 17.3. The van der Waals surface area contributed by atoms with Gasteiger partial charge in [0.15, 0.2) is 23.1 Å². The Morgan fingerprint density at radius 2 is 1.90 bits per heavy atom. The summed E-state index contributed by atoms with van der Waals surface area (Å²) in [5, 5.41) is 4.17. The number of likely N-dealkylation sites (tertiary alicyclic amines) is 1. The summed E-state index contributed by atoms with van der Waals surface area (Å²) < 4.78 is 83.2. The largest absolute Gasteiger partial charge is 0.493 e. The molecule has 1 saturated heterocycles. The van der Waals surface area contributed by atoms with Crippen LogP contribution in [0.3, 0.4) is 0 Å². The van der Waals surface area contributed by atoms with E-state index in [9.17, 15) is 22.4 Å². The maximum Gasteiger partial charge on any atom is 0.289 e. The summed E-state index contributed by atoms with van der Waals surface area (Å²) in [7, 11) is 2.33. The predicted molar refractivity (Wildman–Crippen MR) is 131 cm³/mol. The highest BCUT2D eigenvalue weighted by molar-refractivity contribution is 5.96. The fourth-order valence-corrected chi connectivity index (χ4v) is 4.33. The average molecular weight is 550 g/mol. The smallest absolute Gasteiger partial charge is 0.289 e. The van der Waals surface area contributed by atoms with Crippen LogP contribution in [0.1, 0.15) is 29.3 Å². The highest BCUT2D eigenvalue weighted by atomic mass is 19.3. The summed E-state index contributed by atoms with van der Waals surface area (Å²) in [6.45, 7) is 3.79. The first kappa shape index (κ1) is 27.6. The van der Waals surface area contributed by atoms with Crippen LogP contribution in [0, 0.1) is 23.5 Å². The molecule has 4 N–H and O–H groups in total. The zero-order valence-electron chi connectivity index (χ0n) is 20.8. The number of carbonyl (C=O) groups excluding carboxylic acids is 1. The lowest BCUT2D eigenvalue weighted by molar-refractivity contribution is -0.125. The maximum absolute atomic E-state index is 15.1. The highest BCUT2D eigenvalue weighted by Gasteiger charge is 2.42. The van der Waals surface area contributed by atoms with Gasteiger partial charge in [0.2, 0.25) is 11.7 Å². The number of amides is 1. The van der Waals surface area contributed by atoms with Crippen LogP contribution in [0.25, 0.3) is 10.9 Å². The van der Waals surface area contributed by atoms with Crippen LogP contribution >= 0.6 is 0 Å². The lowest BCUT2D eigenvalue weighted by atomic mass is 10.0. The summed E-state index contributed by atoms with van der Waals surface area (Å²) in [6.07, 6.45) is -1.46. The van der Waals surface area contributed by atoms with Gasteiger partial charge in [0.25, 0.3) is 6.43 Å². The van der Waals surface area contributed by atoms with Crippen LogP contribution in [0.15, 0.2) is 24.9 Å². The number of aromatic nitrogens is 3. The van der Waals surface area contributed by atoms with E-state index in [0.717, 1.165) is 32.6 Å². The molecule has 1 aliphatic rings. The number of pyridine rings is 1. The molecule has 1 fully saturated rings. The first-order chi connectivity index (χ1) is 18.5. The second-order valence-corrected chi connectivity index (χ2v) is 8.61. The molecule has 2 atom stereocenters. The van der Waals surface area contributed by atoms with E-state index in [1.165, 1.54) is 9.58 Å². The van der Waals surface area contributed by atoms with E-state index in [4.69, 9.17) is 20.9 Å². The van der Waals surface area contributed by atoms with Gasteiger partial charge in [-0.1, -0.05) is 12.5 Å². The monoisotopic (exact) mass is 550 g/mol. The number of halogens is 5. The molecular formula is C25H23F5N6O3. The minimum Gasteiger partial charge on any atom is -0.493 e. The Balaban J connectivity index is 1.98. The third kappa shape index (κ3) is 4.69. The van der Waals surface area contributed by atoms with E-state index in [2.05, 4.69) is 28.5 Å². The summed E-state index contributed by atoms with van der Waals surface area (Å²) in [5.41, 5.74) is 9.45. The quantitative estimate of drug-likeness (QED) is 0.210. The number of hydrogen-bond acceptors (Lipinski definition) is 7. The van der Waals surface area contributed by atoms with E-state index < -0.39 is 41.0 Å². The maximum atomic E-state index is 15.1. The van der Waals surface area contributed by atoms with Crippen LogP contribution in [-0.2, 0) is 10.6 Å². The van der Waals surface area contributed by atoms with Gasteiger partial charge >= 0.3 is 0 Å². The highest BCUT2D eigenvalue weighted by Crippen LogP contribution is 2.38. The number of benzene rings is 1. The first-order valence-electron chi connectivity index (χ1n) is 11.4. The fraction of sp³-hybridized carbons (Fsp3) is 0.320. The van der Waals surface area contributed by atoms with Gasteiger partial charge in [-0.3, -0.25) is 15.2 Å². The first-order valence-corrected chi connectivity index (χ1v) is 11.4. The van der Waals surface area contributed by atoms with Gasteiger partial charge in [0.05, 0.1) is 36.7 Å². The van der Waals surface area contributed by atoms with Crippen LogP contribution < -0.4 is 20.9 Å². The summed E-state index contributed by atoms with van der Waals surface area (Å²) in [6, 6.07) is 0.364. The number of nitrogens with two attached hydrogens (primary N) is 2. The number of methoxy groups -OCH3 is 2. The summed E-state index contributed by atoms with van der Waals surface area (Å²) in [5.74, 6) is -2.46. The fourth-order valence-electron chi connectivity index (χ4n) is 4.33. The molecule has 1 aromatic carbocycles. The minimum atomic E-state index is -3.66. The molecule has 0 spiro atoms. The molecule has 206 valence electrons. The van der Waals surface area contributed by atoms with Crippen molar-refractivity contribution >= 4 is 22.6 Å². The van der Waals surface area contributed by atoms with Crippen molar-refractivity contribution in [1.82, 2.24) is 19.7 Å². The van der Waals surface area contributed by atoms with Crippen LogP contribution in [-0.4, -0.2) is 59.3 Å². The standard InChI is InChI=1S/C25H23F5N6O3/c1-4-18(37)35-8-7-12(11-35)36-22-14(25(30,32)24(28)29)10-33-23(31)19(22)15(34-36)6-5-13-20(26)16(38-2)9-17(39-3)21(13)27/h4,9-10,12,24H,1,7-8,11,32H2,2-3H3,(H2,31,33)/t12-,25?/m0/s1. The molecular weight excluding hydrogens is 527 g/mol. The van der Waals surface area contributed by atoms with Crippen molar-refractivity contribution in [2.45, 2.75) is 24.7 Å². The SMILES string of the molecule is C=CC(=O)N1CC[C@H](n2nc(C#Cc3c(F)c(OC)cc(OC)c3F)c3c(N)ncc(C(N)(F)C(F)F)c32)C1. The molecule has 1 aliphatic heterocycles. The van der Waals surface area contributed by atoms with Gasteiger partial charge in [0, 0.05) is 25.4 Å². The van der Waals surface area contributed by atoms with Gasteiger partial charge in [-0.2, -0.15) is 5.10 Å². The number of carbonyl (C=O) groups is 1. The van der Waals surface area contributed by atoms with Crippen LogP contribution in [0.4, 0.5) is 27.8 Å². The van der Waals surface area contributed by atoms with E-state index in [-0.39, 0.29) is 52.9 Å². The number of ether oxygens (including phenoxy) is 2. The average Bonchev–Trinajstić information content (AvgIpc) is 3.54. The Morgan fingerprint density at radius 1 is 1.26 bits per heavy atom. The Morgan fingerprint density at radius 3 is 2.46 bits per heavy atom. The van der Waals surface area contributed by atoms with Gasteiger partial charge in [-0.25, -0.2) is 26.9 Å². The topological polar surface area (TPSA) is 122 Å². The molecule has 14 heteroatoms. The molecule has 1 amide bonds. The second kappa shape index (κ2) is 10.4. The Hall–Kier alpha value is -4.38. The molecule has 2 aromatic heterocycles.